The van der Waals surface area contributed by atoms with Crippen LogP contribution in [0.3, 0.4) is 0 Å². The van der Waals surface area contributed by atoms with Crippen molar-refractivity contribution in [1.29, 1.82) is 0 Å². The number of nitrogens with zero attached hydrogens (tertiary/aromatic N) is 1. The highest BCUT2D eigenvalue weighted by atomic mass is 16.1. The largest absolute Gasteiger partial charge is 0.296 e. The summed E-state index contributed by atoms with van der Waals surface area (Å²) in [6.45, 7) is 2.75. The van der Waals surface area contributed by atoms with Crippen molar-refractivity contribution in [2.45, 2.75) is 32.1 Å². The number of hydrogen-bond donors (Lipinski definition) is 0. The molecule has 0 aromatic heterocycles. The Balaban J connectivity index is 1.88. The van der Waals surface area contributed by atoms with Crippen LogP contribution < -0.4 is 0 Å². The van der Waals surface area contributed by atoms with Crippen molar-refractivity contribution >= 4 is 5.78 Å². The van der Waals surface area contributed by atoms with E-state index in [2.05, 4.69) is 4.90 Å². The van der Waals surface area contributed by atoms with Gasteiger partial charge in [-0.05, 0) is 25.9 Å². The van der Waals surface area contributed by atoms with Crippen LogP contribution in [-0.2, 0) is 0 Å². The van der Waals surface area contributed by atoms with Crippen molar-refractivity contribution in [3.63, 3.8) is 0 Å². The molecule has 2 nitrogen and oxygen atoms in total. The lowest BCUT2D eigenvalue weighted by Gasteiger charge is -2.23. The summed E-state index contributed by atoms with van der Waals surface area (Å²) in [6, 6.07) is 9.63. The number of ketones is 1. The fourth-order valence-corrected chi connectivity index (χ4v) is 2.39. The van der Waals surface area contributed by atoms with Crippen LogP contribution in [0.15, 0.2) is 30.3 Å². The predicted molar refractivity (Wildman–Crippen MR) is 70.3 cm³/mol. The summed E-state index contributed by atoms with van der Waals surface area (Å²) >= 11 is 0. The zero-order valence-electron chi connectivity index (χ0n) is 10.4. The van der Waals surface area contributed by atoms with Crippen LogP contribution in [0.5, 0.6) is 0 Å². The van der Waals surface area contributed by atoms with Gasteiger partial charge in [-0.2, -0.15) is 0 Å². The second-order valence-corrected chi connectivity index (χ2v) is 4.83. The second-order valence-electron chi connectivity index (χ2n) is 4.83. The van der Waals surface area contributed by atoms with E-state index in [-0.39, 0.29) is 5.78 Å². The van der Waals surface area contributed by atoms with E-state index in [1.54, 1.807) is 0 Å². The van der Waals surface area contributed by atoms with Crippen molar-refractivity contribution in [3.8, 4) is 0 Å². The number of Topliss-reactive ketones (excluding diaryl/α,β-unsaturated/α-hetero) is 1. The van der Waals surface area contributed by atoms with E-state index in [4.69, 9.17) is 0 Å². The Morgan fingerprint density at radius 2 is 1.53 bits per heavy atom. The summed E-state index contributed by atoms with van der Waals surface area (Å²) in [7, 11) is 0. The molecule has 1 aromatic rings. The average Bonchev–Trinajstić information content (AvgIpc) is 2.33. The molecular formula is C15H21NO. The van der Waals surface area contributed by atoms with Crippen molar-refractivity contribution in [1.82, 2.24) is 4.90 Å². The number of likely N-dealkylation sites (tertiary alicyclic amines) is 1. The average molecular weight is 231 g/mol. The highest BCUT2D eigenvalue weighted by molar-refractivity contribution is 5.97. The molecule has 1 fully saturated rings. The summed E-state index contributed by atoms with van der Waals surface area (Å²) in [6.07, 6.45) is 6.47. The first kappa shape index (κ1) is 12.3. The molecular weight excluding hydrogens is 210 g/mol. The van der Waals surface area contributed by atoms with E-state index >= 15 is 0 Å². The van der Waals surface area contributed by atoms with Gasteiger partial charge in [0.2, 0.25) is 0 Å². The lowest BCUT2D eigenvalue weighted by atomic mass is 10.1. The van der Waals surface area contributed by atoms with Crippen LogP contribution in [0.1, 0.15) is 42.5 Å². The maximum absolute atomic E-state index is 12.1. The summed E-state index contributed by atoms with van der Waals surface area (Å²) < 4.78 is 0. The number of carbonyl (C=O) groups excluding carboxylic acids is 1. The van der Waals surface area contributed by atoms with Gasteiger partial charge in [-0.3, -0.25) is 9.69 Å². The molecule has 92 valence electrons. The maximum atomic E-state index is 12.1. The Morgan fingerprint density at radius 3 is 2.18 bits per heavy atom. The first-order valence-electron chi connectivity index (χ1n) is 6.67. The van der Waals surface area contributed by atoms with Crippen molar-refractivity contribution in [3.05, 3.63) is 35.9 Å². The van der Waals surface area contributed by atoms with E-state index < -0.39 is 0 Å². The summed E-state index contributed by atoms with van der Waals surface area (Å²) in [4.78, 5) is 14.4. The van der Waals surface area contributed by atoms with E-state index in [0.717, 1.165) is 18.7 Å². The smallest absolute Gasteiger partial charge is 0.176 e. The van der Waals surface area contributed by atoms with E-state index in [0.29, 0.717) is 6.54 Å². The first-order chi connectivity index (χ1) is 8.36. The van der Waals surface area contributed by atoms with Crippen LogP contribution in [0.25, 0.3) is 0 Å². The maximum Gasteiger partial charge on any atom is 0.176 e. The van der Waals surface area contributed by atoms with Gasteiger partial charge in [0.1, 0.15) is 0 Å². The number of benzene rings is 1. The SMILES string of the molecule is O=C(CN1CCCCCCC1)c1ccccc1. The Hall–Kier alpha value is -1.15. The van der Waals surface area contributed by atoms with Gasteiger partial charge in [0, 0.05) is 5.56 Å². The Labute approximate surface area is 104 Å². The van der Waals surface area contributed by atoms with E-state index in [9.17, 15) is 4.79 Å². The number of rotatable bonds is 3. The lowest BCUT2D eigenvalue weighted by Crippen LogP contribution is -2.32. The molecule has 0 aliphatic carbocycles. The topological polar surface area (TPSA) is 20.3 Å². The normalized spacial score (nSPS) is 18.4. The van der Waals surface area contributed by atoms with Gasteiger partial charge in [0.25, 0.3) is 0 Å². The minimum absolute atomic E-state index is 0.256. The summed E-state index contributed by atoms with van der Waals surface area (Å²) in [5, 5.41) is 0. The number of carbonyl (C=O) groups is 1. The van der Waals surface area contributed by atoms with Crippen molar-refractivity contribution < 1.29 is 4.79 Å². The predicted octanol–water partition coefficient (Wildman–Crippen LogP) is 3.14. The van der Waals surface area contributed by atoms with Crippen molar-refractivity contribution in [2.24, 2.45) is 0 Å². The molecule has 2 heteroatoms. The molecule has 0 radical (unpaired) electrons. The molecule has 0 bridgehead atoms. The third-order valence-corrected chi connectivity index (χ3v) is 3.41. The molecule has 1 aromatic carbocycles. The fourth-order valence-electron chi connectivity index (χ4n) is 2.39. The molecule has 0 atom stereocenters. The van der Waals surface area contributed by atoms with Crippen LogP contribution in [0.4, 0.5) is 0 Å². The van der Waals surface area contributed by atoms with E-state index in [1.165, 1.54) is 32.1 Å². The third-order valence-electron chi connectivity index (χ3n) is 3.41. The molecule has 1 saturated heterocycles. The van der Waals surface area contributed by atoms with Crippen molar-refractivity contribution in [2.75, 3.05) is 19.6 Å². The molecule has 2 rings (SSSR count). The van der Waals surface area contributed by atoms with Crippen LogP contribution in [0.2, 0.25) is 0 Å². The highest BCUT2D eigenvalue weighted by Crippen LogP contribution is 2.11. The molecule has 0 amide bonds. The fraction of sp³-hybridized carbons (Fsp3) is 0.533. The molecule has 1 aliphatic rings. The second kappa shape index (κ2) is 6.55. The molecule has 1 heterocycles. The molecule has 0 saturated carbocycles. The van der Waals surface area contributed by atoms with Gasteiger partial charge in [0.05, 0.1) is 6.54 Å². The minimum Gasteiger partial charge on any atom is -0.296 e. The van der Waals surface area contributed by atoms with Crippen LogP contribution >= 0.6 is 0 Å². The summed E-state index contributed by atoms with van der Waals surface area (Å²) in [5.74, 6) is 0.256. The zero-order chi connectivity index (χ0) is 11.9. The molecule has 17 heavy (non-hydrogen) atoms. The Kier molecular flexibility index (Phi) is 4.75. The van der Waals surface area contributed by atoms with Gasteiger partial charge >= 0.3 is 0 Å². The third kappa shape index (κ3) is 3.97. The van der Waals surface area contributed by atoms with Gasteiger partial charge in [-0.25, -0.2) is 0 Å². The van der Waals surface area contributed by atoms with E-state index in [1.807, 2.05) is 30.3 Å². The zero-order valence-corrected chi connectivity index (χ0v) is 10.4. The molecule has 0 N–H and O–H groups in total. The van der Waals surface area contributed by atoms with Crippen LogP contribution in [0, 0.1) is 0 Å². The van der Waals surface area contributed by atoms with Gasteiger partial charge in [-0.15, -0.1) is 0 Å². The van der Waals surface area contributed by atoms with Gasteiger partial charge < -0.3 is 0 Å². The molecule has 0 unspecified atom stereocenters. The van der Waals surface area contributed by atoms with Gasteiger partial charge in [-0.1, -0.05) is 49.6 Å². The molecule has 0 spiro atoms. The monoisotopic (exact) mass is 231 g/mol. The quantitative estimate of drug-likeness (QED) is 0.745. The van der Waals surface area contributed by atoms with Gasteiger partial charge in [0.15, 0.2) is 5.78 Å². The minimum atomic E-state index is 0.256. The van der Waals surface area contributed by atoms with Crippen LogP contribution in [-0.4, -0.2) is 30.3 Å². The summed E-state index contributed by atoms with van der Waals surface area (Å²) in [5.41, 5.74) is 0.842. The standard InChI is InChI=1S/C15H21NO/c17-15(14-9-5-4-6-10-14)13-16-11-7-2-1-3-8-12-16/h4-6,9-10H,1-3,7-8,11-13H2. The Morgan fingerprint density at radius 1 is 0.941 bits per heavy atom. The highest BCUT2D eigenvalue weighted by Gasteiger charge is 2.13. The molecule has 1 aliphatic heterocycles. The number of hydrogen-bond acceptors (Lipinski definition) is 2. The lowest BCUT2D eigenvalue weighted by molar-refractivity contribution is 0.0924. The first-order valence-corrected chi connectivity index (χ1v) is 6.67. The Bertz CT molecular complexity index is 339.